The third kappa shape index (κ3) is 7.36. The van der Waals surface area contributed by atoms with Crippen LogP contribution in [0.15, 0.2) is 24.3 Å². The zero-order valence-corrected chi connectivity index (χ0v) is 18.3. The van der Waals surface area contributed by atoms with Gasteiger partial charge < -0.3 is 24.3 Å². The third-order valence-corrected chi connectivity index (χ3v) is 5.04. The van der Waals surface area contributed by atoms with Crippen LogP contribution in [0.1, 0.15) is 32.3 Å². The lowest BCUT2D eigenvalue weighted by Crippen LogP contribution is -2.66. The maximum Gasteiger partial charge on any atom is 0.313 e. The number of carbonyl (C=O) groups is 3. The minimum Gasteiger partial charge on any atom is -0.460 e. The van der Waals surface area contributed by atoms with Crippen molar-refractivity contribution in [1.82, 2.24) is 5.32 Å². The van der Waals surface area contributed by atoms with Crippen LogP contribution in [0, 0.1) is 16.0 Å². The second kappa shape index (κ2) is 11.7. The van der Waals surface area contributed by atoms with Crippen LogP contribution in [0.4, 0.5) is 5.69 Å². The number of methoxy groups -OCH3 is 1. The summed E-state index contributed by atoms with van der Waals surface area (Å²) in [5.74, 6) is -1.88. The zero-order chi connectivity index (χ0) is 23.7. The Morgan fingerprint density at radius 1 is 1.19 bits per heavy atom. The van der Waals surface area contributed by atoms with Gasteiger partial charge in [-0.05, 0) is 31.5 Å². The van der Waals surface area contributed by atoms with Gasteiger partial charge in [-0.25, -0.2) is 0 Å². The van der Waals surface area contributed by atoms with Gasteiger partial charge in [0.15, 0.2) is 0 Å². The van der Waals surface area contributed by atoms with Crippen LogP contribution in [0.3, 0.4) is 0 Å². The number of rotatable bonds is 14. The monoisotopic (exact) mass is 452 g/mol. The summed E-state index contributed by atoms with van der Waals surface area (Å²) in [5.41, 5.74) is -0.369. The number of hydrogen-bond acceptors (Lipinski definition) is 9. The maximum absolute atomic E-state index is 12.3. The van der Waals surface area contributed by atoms with E-state index in [-0.39, 0.29) is 37.2 Å². The van der Waals surface area contributed by atoms with Crippen LogP contribution in [-0.4, -0.2) is 61.3 Å². The molecule has 0 spiro atoms. The van der Waals surface area contributed by atoms with Gasteiger partial charge in [-0.2, -0.15) is 0 Å². The molecule has 1 aromatic carbocycles. The highest BCUT2D eigenvalue weighted by Crippen LogP contribution is 2.32. The minimum absolute atomic E-state index is 0.0181. The lowest BCUT2D eigenvalue weighted by atomic mass is 9.75. The van der Waals surface area contributed by atoms with Crippen molar-refractivity contribution in [3.63, 3.8) is 0 Å². The normalized spacial score (nSPS) is 17.9. The van der Waals surface area contributed by atoms with Gasteiger partial charge in [-0.3, -0.25) is 24.5 Å². The molecule has 1 amide bonds. The van der Waals surface area contributed by atoms with Crippen molar-refractivity contribution >= 4 is 23.3 Å². The molecule has 1 heterocycles. The van der Waals surface area contributed by atoms with Gasteiger partial charge in [0.2, 0.25) is 5.91 Å². The summed E-state index contributed by atoms with van der Waals surface area (Å²) < 4.78 is 20.9. The van der Waals surface area contributed by atoms with Crippen molar-refractivity contribution in [2.45, 2.75) is 44.9 Å². The van der Waals surface area contributed by atoms with Crippen LogP contribution in [0.25, 0.3) is 0 Å². The molecule has 1 aromatic rings. The van der Waals surface area contributed by atoms with E-state index in [4.69, 9.17) is 18.9 Å². The second-order valence-electron chi connectivity index (χ2n) is 7.86. The number of nitro benzene ring substituents is 1. The van der Waals surface area contributed by atoms with E-state index in [1.54, 1.807) is 21.0 Å². The van der Waals surface area contributed by atoms with Crippen molar-refractivity contribution in [2.75, 3.05) is 27.1 Å². The molecular weight excluding hydrogens is 424 g/mol. The number of hydrogen-bond donors (Lipinski definition) is 1. The molecule has 1 aliphatic rings. The van der Waals surface area contributed by atoms with Gasteiger partial charge in [0, 0.05) is 25.7 Å². The highest BCUT2D eigenvalue weighted by Gasteiger charge is 2.50. The lowest BCUT2D eigenvalue weighted by molar-refractivity contribution is -0.384. The number of β-lactam (4-membered cyclic amide) rings is 1. The Morgan fingerprint density at radius 3 is 2.47 bits per heavy atom. The second-order valence-corrected chi connectivity index (χ2v) is 7.86. The number of amides is 1. The topological polar surface area (TPSA) is 143 Å². The van der Waals surface area contributed by atoms with E-state index in [0.29, 0.717) is 18.8 Å². The van der Waals surface area contributed by atoms with E-state index in [9.17, 15) is 24.5 Å². The highest BCUT2D eigenvalue weighted by molar-refractivity contribution is 5.97. The molecule has 0 saturated carbocycles. The molecule has 1 fully saturated rings. The zero-order valence-electron chi connectivity index (χ0n) is 18.3. The lowest BCUT2D eigenvalue weighted by Gasteiger charge is -2.45. The SMILES string of the molecule is COCCOCOC(C)(C)[C@H]1C(=O)N[C@H]1CC(=O)CC(=O)OCc1ccc([N+](=O)[O-])cc1. The quantitative estimate of drug-likeness (QED) is 0.0845. The molecule has 1 N–H and O–H groups in total. The molecule has 0 aliphatic carbocycles. The first-order valence-corrected chi connectivity index (χ1v) is 10.1. The van der Waals surface area contributed by atoms with Gasteiger partial charge in [-0.15, -0.1) is 0 Å². The predicted octanol–water partition coefficient (Wildman–Crippen LogP) is 1.52. The summed E-state index contributed by atoms with van der Waals surface area (Å²) in [6, 6.07) is 5.11. The first kappa shape index (κ1) is 25.4. The van der Waals surface area contributed by atoms with E-state index in [1.165, 1.54) is 24.3 Å². The molecule has 2 rings (SSSR count). The number of esters is 1. The summed E-state index contributed by atoms with van der Waals surface area (Å²) in [6.45, 7) is 4.14. The van der Waals surface area contributed by atoms with Crippen LogP contribution in [0.5, 0.6) is 0 Å². The van der Waals surface area contributed by atoms with Gasteiger partial charge in [0.05, 0.1) is 35.7 Å². The Kier molecular flexibility index (Phi) is 9.24. The number of Topliss-reactive ketones (excluding diaryl/α,β-unsaturated/α-hetero) is 1. The molecular formula is C21H28N2O9. The molecule has 1 saturated heterocycles. The molecule has 2 atom stereocenters. The van der Waals surface area contributed by atoms with E-state index in [1.807, 2.05) is 0 Å². The predicted molar refractivity (Wildman–Crippen MR) is 110 cm³/mol. The molecule has 32 heavy (non-hydrogen) atoms. The third-order valence-electron chi connectivity index (χ3n) is 5.04. The summed E-state index contributed by atoms with van der Waals surface area (Å²) in [7, 11) is 1.56. The number of nitro groups is 1. The summed E-state index contributed by atoms with van der Waals surface area (Å²) >= 11 is 0. The van der Waals surface area contributed by atoms with Crippen LogP contribution >= 0.6 is 0 Å². The number of nitrogens with zero attached hydrogens (tertiary/aromatic N) is 1. The van der Waals surface area contributed by atoms with E-state index < -0.39 is 34.9 Å². The van der Waals surface area contributed by atoms with E-state index in [0.717, 1.165) is 0 Å². The average molecular weight is 452 g/mol. The van der Waals surface area contributed by atoms with E-state index >= 15 is 0 Å². The van der Waals surface area contributed by atoms with Gasteiger partial charge in [-0.1, -0.05) is 0 Å². The van der Waals surface area contributed by atoms with Crippen molar-refractivity contribution < 1.29 is 38.3 Å². The van der Waals surface area contributed by atoms with Crippen molar-refractivity contribution in [2.24, 2.45) is 5.92 Å². The summed E-state index contributed by atoms with van der Waals surface area (Å²) in [4.78, 5) is 46.4. The molecule has 11 heteroatoms. The maximum atomic E-state index is 12.3. The fraction of sp³-hybridized carbons (Fsp3) is 0.571. The highest BCUT2D eigenvalue weighted by atomic mass is 16.7. The van der Waals surface area contributed by atoms with Crippen molar-refractivity contribution in [3.8, 4) is 0 Å². The standard InChI is InChI=1S/C21H28N2O9/c1-21(2,32-13-30-9-8-29-3)19-17(22-20(19)26)10-16(24)11-18(25)31-12-14-4-6-15(7-5-14)23(27)28/h4-7,17,19H,8-13H2,1-3H3,(H,22,26)/t17-,19+/m0/s1. The number of non-ortho nitro benzene ring substituents is 1. The number of benzene rings is 1. The Bertz CT molecular complexity index is 823. The van der Waals surface area contributed by atoms with Gasteiger partial charge in [0.1, 0.15) is 25.6 Å². The number of nitrogens with one attached hydrogen (secondary N) is 1. The van der Waals surface area contributed by atoms with Gasteiger partial charge >= 0.3 is 5.97 Å². The van der Waals surface area contributed by atoms with Crippen LogP contribution in [0.2, 0.25) is 0 Å². The fourth-order valence-electron chi connectivity index (χ4n) is 3.30. The number of carbonyl (C=O) groups excluding carboxylic acids is 3. The molecule has 1 aliphatic heterocycles. The first-order valence-electron chi connectivity index (χ1n) is 10.1. The molecule has 0 radical (unpaired) electrons. The van der Waals surface area contributed by atoms with E-state index in [2.05, 4.69) is 5.32 Å². The molecule has 176 valence electrons. The minimum atomic E-state index is -0.864. The number of ketones is 1. The molecule has 0 aromatic heterocycles. The number of ether oxygens (including phenoxy) is 4. The van der Waals surface area contributed by atoms with Crippen molar-refractivity contribution in [1.29, 1.82) is 0 Å². The van der Waals surface area contributed by atoms with Crippen molar-refractivity contribution in [3.05, 3.63) is 39.9 Å². The van der Waals surface area contributed by atoms with Crippen LogP contribution < -0.4 is 5.32 Å². The molecule has 11 nitrogen and oxygen atoms in total. The Labute approximate surface area is 185 Å². The smallest absolute Gasteiger partial charge is 0.313 e. The summed E-state index contributed by atoms with van der Waals surface area (Å²) in [6.07, 6.45) is -0.464. The molecule has 0 unspecified atom stereocenters. The Hall–Kier alpha value is -2.89. The Morgan fingerprint density at radius 2 is 1.88 bits per heavy atom. The first-order chi connectivity index (χ1) is 15.1. The largest absolute Gasteiger partial charge is 0.460 e. The average Bonchev–Trinajstić information content (AvgIpc) is 2.71. The Balaban J connectivity index is 1.76. The van der Waals surface area contributed by atoms with Gasteiger partial charge in [0.25, 0.3) is 5.69 Å². The van der Waals surface area contributed by atoms with Crippen LogP contribution in [-0.2, 0) is 39.9 Å². The summed E-state index contributed by atoms with van der Waals surface area (Å²) in [5, 5.41) is 13.3. The molecule has 0 bridgehead atoms. The fourth-order valence-corrected chi connectivity index (χ4v) is 3.30.